The lowest BCUT2D eigenvalue weighted by molar-refractivity contribution is 0.155. The number of rotatable bonds is 4. The summed E-state index contributed by atoms with van der Waals surface area (Å²) in [5, 5.41) is 12.9. The minimum atomic E-state index is -0.378. The summed E-state index contributed by atoms with van der Waals surface area (Å²) in [6.45, 7) is 1.66. The van der Waals surface area contributed by atoms with Crippen LogP contribution in [-0.4, -0.2) is 29.2 Å². The predicted octanol–water partition coefficient (Wildman–Crippen LogP) is 4.09. The molecule has 0 unspecified atom stereocenters. The Bertz CT molecular complexity index is 1040. The molecule has 3 aromatic rings. The number of nitrogens with zero attached hydrogens (tertiary/aromatic N) is 3. The van der Waals surface area contributed by atoms with Gasteiger partial charge in [-0.05, 0) is 74.5 Å². The first-order valence-corrected chi connectivity index (χ1v) is 9.35. The van der Waals surface area contributed by atoms with E-state index in [9.17, 15) is 14.0 Å². The maximum Gasteiger partial charge on any atom is 0.252 e. The third-order valence-electron chi connectivity index (χ3n) is 4.77. The van der Waals surface area contributed by atoms with Crippen LogP contribution in [0.4, 0.5) is 8.78 Å². The standard InChI is InChI=1S/C22H18F2N4O/c23-16-5-1-14(2-6-16)20-21(15-3-7-17(24)8-4-15)28-22(19(13-25)27-20)29-18-9-11-26-12-10-18/h1-8,18,26H,9-12H2. The zero-order chi connectivity index (χ0) is 20.2. The molecule has 0 radical (unpaired) electrons. The van der Waals surface area contributed by atoms with Gasteiger partial charge in [0.2, 0.25) is 5.69 Å². The van der Waals surface area contributed by atoms with Gasteiger partial charge >= 0.3 is 0 Å². The molecule has 1 aromatic heterocycles. The number of hydrogen-bond acceptors (Lipinski definition) is 5. The summed E-state index contributed by atoms with van der Waals surface area (Å²) >= 11 is 0. The molecule has 7 heteroatoms. The quantitative estimate of drug-likeness (QED) is 0.724. The zero-order valence-corrected chi connectivity index (χ0v) is 15.5. The van der Waals surface area contributed by atoms with E-state index in [1.807, 2.05) is 6.07 Å². The molecule has 1 saturated heterocycles. The second kappa shape index (κ2) is 8.33. The number of hydrogen-bond donors (Lipinski definition) is 1. The van der Waals surface area contributed by atoms with E-state index in [1.165, 1.54) is 24.3 Å². The smallest absolute Gasteiger partial charge is 0.252 e. The highest BCUT2D eigenvalue weighted by molar-refractivity contribution is 5.78. The van der Waals surface area contributed by atoms with Crippen LogP contribution in [0.25, 0.3) is 22.5 Å². The van der Waals surface area contributed by atoms with Crippen LogP contribution in [-0.2, 0) is 0 Å². The molecule has 0 saturated carbocycles. The fourth-order valence-electron chi connectivity index (χ4n) is 3.26. The van der Waals surface area contributed by atoms with E-state index < -0.39 is 0 Å². The minimum absolute atomic E-state index is 0.0598. The van der Waals surface area contributed by atoms with Crippen molar-refractivity contribution in [3.8, 4) is 34.5 Å². The van der Waals surface area contributed by atoms with E-state index in [0.717, 1.165) is 25.9 Å². The van der Waals surface area contributed by atoms with Crippen LogP contribution < -0.4 is 10.1 Å². The van der Waals surface area contributed by atoms with Crippen LogP contribution >= 0.6 is 0 Å². The first kappa shape index (κ1) is 19.0. The molecule has 2 heterocycles. The van der Waals surface area contributed by atoms with Crippen molar-refractivity contribution >= 4 is 0 Å². The van der Waals surface area contributed by atoms with Crippen molar-refractivity contribution < 1.29 is 13.5 Å². The number of halogens is 2. The highest BCUT2D eigenvalue weighted by Gasteiger charge is 2.22. The third-order valence-corrected chi connectivity index (χ3v) is 4.77. The molecule has 0 bridgehead atoms. The summed E-state index contributed by atoms with van der Waals surface area (Å²) in [6, 6.07) is 13.7. The molecule has 1 fully saturated rings. The van der Waals surface area contributed by atoms with E-state index in [1.54, 1.807) is 24.3 Å². The van der Waals surface area contributed by atoms with Gasteiger partial charge in [-0.25, -0.2) is 18.7 Å². The highest BCUT2D eigenvalue weighted by atomic mass is 19.1. The number of ether oxygens (including phenoxy) is 1. The second-order valence-corrected chi connectivity index (χ2v) is 6.77. The van der Waals surface area contributed by atoms with Gasteiger partial charge in [0.15, 0.2) is 0 Å². The Balaban J connectivity index is 1.83. The number of nitriles is 1. The average molecular weight is 392 g/mol. The van der Waals surface area contributed by atoms with Gasteiger partial charge in [-0.3, -0.25) is 0 Å². The van der Waals surface area contributed by atoms with Crippen molar-refractivity contribution in [2.24, 2.45) is 0 Å². The van der Waals surface area contributed by atoms with Gasteiger partial charge in [0.25, 0.3) is 5.88 Å². The summed E-state index contributed by atoms with van der Waals surface area (Å²) in [7, 11) is 0. The molecule has 5 nitrogen and oxygen atoms in total. The Hall–Kier alpha value is -3.37. The average Bonchev–Trinajstić information content (AvgIpc) is 2.75. The van der Waals surface area contributed by atoms with Crippen molar-refractivity contribution in [1.82, 2.24) is 15.3 Å². The van der Waals surface area contributed by atoms with Gasteiger partial charge in [-0.1, -0.05) is 0 Å². The molecular weight excluding hydrogens is 374 g/mol. The van der Waals surface area contributed by atoms with Crippen LogP contribution in [0.1, 0.15) is 18.5 Å². The van der Waals surface area contributed by atoms with Crippen molar-refractivity contribution in [3.05, 3.63) is 65.9 Å². The third kappa shape index (κ3) is 4.23. The van der Waals surface area contributed by atoms with Crippen molar-refractivity contribution in [1.29, 1.82) is 5.26 Å². The maximum absolute atomic E-state index is 13.4. The molecule has 0 atom stereocenters. The summed E-state index contributed by atoms with van der Waals surface area (Å²) < 4.78 is 32.8. The number of piperidine rings is 1. The predicted molar refractivity (Wildman–Crippen MR) is 104 cm³/mol. The molecule has 1 aliphatic heterocycles. The highest BCUT2D eigenvalue weighted by Crippen LogP contribution is 2.33. The minimum Gasteiger partial charge on any atom is -0.472 e. The lowest BCUT2D eigenvalue weighted by Gasteiger charge is -2.24. The van der Waals surface area contributed by atoms with Gasteiger partial charge in [0, 0.05) is 11.1 Å². The summed E-state index contributed by atoms with van der Waals surface area (Å²) in [4.78, 5) is 9.07. The summed E-state index contributed by atoms with van der Waals surface area (Å²) in [5.74, 6) is -0.592. The topological polar surface area (TPSA) is 70.8 Å². The second-order valence-electron chi connectivity index (χ2n) is 6.77. The van der Waals surface area contributed by atoms with Crippen LogP contribution in [0.2, 0.25) is 0 Å². The van der Waals surface area contributed by atoms with E-state index in [4.69, 9.17) is 4.74 Å². The first-order chi connectivity index (χ1) is 14.1. The van der Waals surface area contributed by atoms with Gasteiger partial charge in [-0.2, -0.15) is 5.26 Å². The van der Waals surface area contributed by atoms with Gasteiger partial charge < -0.3 is 10.1 Å². The summed E-state index contributed by atoms with van der Waals surface area (Å²) in [5.41, 5.74) is 2.14. The van der Waals surface area contributed by atoms with E-state index in [-0.39, 0.29) is 29.3 Å². The van der Waals surface area contributed by atoms with Crippen molar-refractivity contribution in [2.75, 3.05) is 13.1 Å². The zero-order valence-electron chi connectivity index (χ0n) is 15.5. The molecule has 146 valence electrons. The Morgan fingerprint density at radius 3 is 1.90 bits per heavy atom. The van der Waals surface area contributed by atoms with Gasteiger partial charge in [-0.15, -0.1) is 0 Å². The fourth-order valence-corrected chi connectivity index (χ4v) is 3.26. The lowest BCUT2D eigenvalue weighted by atomic mass is 10.0. The lowest BCUT2D eigenvalue weighted by Crippen LogP contribution is -2.34. The Morgan fingerprint density at radius 2 is 1.38 bits per heavy atom. The summed E-state index contributed by atoms with van der Waals surface area (Å²) in [6.07, 6.45) is 1.55. The molecular formula is C22H18F2N4O. The SMILES string of the molecule is N#Cc1nc(-c2ccc(F)cc2)c(-c2ccc(F)cc2)nc1OC1CCNCC1. The number of benzene rings is 2. The Morgan fingerprint density at radius 1 is 0.862 bits per heavy atom. The molecule has 1 aliphatic rings. The van der Waals surface area contributed by atoms with Crippen LogP contribution in [0.15, 0.2) is 48.5 Å². The fraction of sp³-hybridized carbons (Fsp3) is 0.227. The van der Waals surface area contributed by atoms with Crippen molar-refractivity contribution in [3.63, 3.8) is 0 Å². The van der Waals surface area contributed by atoms with Crippen LogP contribution in [0.5, 0.6) is 5.88 Å². The number of aromatic nitrogens is 2. The first-order valence-electron chi connectivity index (χ1n) is 9.35. The van der Waals surface area contributed by atoms with E-state index in [2.05, 4.69) is 15.3 Å². The molecule has 1 N–H and O–H groups in total. The molecule has 0 amide bonds. The van der Waals surface area contributed by atoms with E-state index in [0.29, 0.717) is 22.5 Å². The van der Waals surface area contributed by atoms with Gasteiger partial charge in [0.05, 0.1) is 5.69 Å². The van der Waals surface area contributed by atoms with Crippen LogP contribution in [0, 0.1) is 23.0 Å². The number of nitrogens with one attached hydrogen (secondary N) is 1. The molecule has 2 aromatic carbocycles. The van der Waals surface area contributed by atoms with Crippen molar-refractivity contribution in [2.45, 2.75) is 18.9 Å². The molecule has 4 rings (SSSR count). The maximum atomic E-state index is 13.4. The monoisotopic (exact) mass is 392 g/mol. The largest absolute Gasteiger partial charge is 0.472 e. The Labute approximate surface area is 167 Å². The molecule has 29 heavy (non-hydrogen) atoms. The van der Waals surface area contributed by atoms with Crippen LogP contribution in [0.3, 0.4) is 0 Å². The molecule has 0 aliphatic carbocycles. The molecule has 0 spiro atoms. The Kier molecular flexibility index (Phi) is 5.45. The van der Waals surface area contributed by atoms with E-state index >= 15 is 0 Å². The van der Waals surface area contributed by atoms with Gasteiger partial charge in [0.1, 0.15) is 29.5 Å². The normalized spacial score (nSPS) is 14.4.